The van der Waals surface area contributed by atoms with Gasteiger partial charge in [0.2, 0.25) is 0 Å². The first kappa shape index (κ1) is 28.9. The predicted molar refractivity (Wildman–Crippen MR) is 143 cm³/mol. The molecule has 0 aliphatic heterocycles. The third kappa shape index (κ3) is 9.31. The van der Waals surface area contributed by atoms with Crippen LogP contribution in [0.1, 0.15) is 35.3 Å². The number of rotatable bonds is 14. The van der Waals surface area contributed by atoms with Crippen molar-refractivity contribution in [3.63, 3.8) is 0 Å². The van der Waals surface area contributed by atoms with Crippen molar-refractivity contribution < 1.29 is 29.2 Å². The SMILES string of the molecule is CC(=O)Oc1ccc(C(O)CNCCc2ccc(OCCOCc3c(Cl)cccc3Cl)cc2)cc1CO. The number of aliphatic hydroxyl groups excluding tert-OH is 2. The maximum absolute atomic E-state index is 11.2. The van der Waals surface area contributed by atoms with Crippen molar-refractivity contribution in [1.29, 1.82) is 0 Å². The lowest BCUT2D eigenvalue weighted by Gasteiger charge is -2.15. The number of ether oxygens (including phenoxy) is 3. The van der Waals surface area contributed by atoms with Crippen molar-refractivity contribution in [2.75, 3.05) is 26.3 Å². The number of halogens is 2. The Kier molecular flexibility index (Phi) is 11.7. The normalized spacial score (nSPS) is 11.8. The maximum atomic E-state index is 11.2. The van der Waals surface area contributed by atoms with Crippen LogP contribution >= 0.6 is 23.2 Å². The Morgan fingerprint density at radius 3 is 2.43 bits per heavy atom. The van der Waals surface area contributed by atoms with Gasteiger partial charge >= 0.3 is 5.97 Å². The Labute approximate surface area is 226 Å². The van der Waals surface area contributed by atoms with Crippen molar-refractivity contribution in [2.45, 2.75) is 32.7 Å². The van der Waals surface area contributed by atoms with Gasteiger partial charge in [0, 0.05) is 34.6 Å². The number of carbonyl (C=O) groups excluding carboxylic acids is 1. The fraction of sp³-hybridized carbons (Fsp3) is 0.321. The average Bonchev–Trinajstić information content (AvgIpc) is 2.88. The van der Waals surface area contributed by atoms with Gasteiger partial charge in [0.1, 0.15) is 18.1 Å². The highest BCUT2D eigenvalue weighted by Crippen LogP contribution is 2.25. The minimum Gasteiger partial charge on any atom is -0.491 e. The first-order valence-corrected chi connectivity index (χ1v) is 12.7. The van der Waals surface area contributed by atoms with Crippen LogP contribution < -0.4 is 14.8 Å². The Morgan fingerprint density at radius 2 is 1.76 bits per heavy atom. The van der Waals surface area contributed by atoms with Gasteiger partial charge in [0.05, 0.1) is 25.9 Å². The molecule has 0 aromatic heterocycles. The second-order valence-electron chi connectivity index (χ2n) is 8.33. The van der Waals surface area contributed by atoms with E-state index in [0.29, 0.717) is 59.8 Å². The molecule has 9 heteroatoms. The molecule has 198 valence electrons. The molecule has 3 aromatic carbocycles. The summed E-state index contributed by atoms with van der Waals surface area (Å²) in [4.78, 5) is 11.2. The summed E-state index contributed by atoms with van der Waals surface area (Å²) in [6.07, 6.45) is 0.0192. The zero-order valence-corrected chi connectivity index (χ0v) is 22.1. The summed E-state index contributed by atoms with van der Waals surface area (Å²) in [5.74, 6) is 0.581. The number of aliphatic hydroxyl groups is 2. The van der Waals surface area contributed by atoms with Gasteiger partial charge in [-0.3, -0.25) is 4.79 Å². The molecule has 37 heavy (non-hydrogen) atoms. The van der Waals surface area contributed by atoms with E-state index in [0.717, 1.165) is 23.3 Å². The molecule has 0 aliphatic rings. The molecule has 0 spiro atoms. The quantitative estimate of drug-likeness (QED) is 0.150. The van der Waals surface area contributed by atoms with Gasteiger partial charge in [0.25, 0.3) is 0 Å². The largest absolute Gasteiger partial charge is 0.491 e. The van der Waals surface area contributed by atoms with E-state index in [9.17, 15) is 15.0 Å². The van der Waals surface area contributed by atoms with Crippen molar-refractivity contribution in [1.82, 2.24) is 5.32 Å². The summed E-state index contributed by atoms with van der Waals surface area (Å²) >= 11 is 12.3. The second-order valence-corrected chi connectivity index (χ2v) is 9.15. The van der Waals surface area contributed by atoms with E-state index in [1.165, 1.54) is 6.92 Å². The molecule has 0 aliphatic carbocycles. The second kappa shape index (κ2) is 14.9. The van der Waals surface area contributed by atoms with Crippen LogP contribution in [-0.2, 0) is 29.2 Å². The van der Waals surface area contributed by atoms with Crippen LogP contribution in [0, 0.1) is 0 Å². The van der Waals surface area contributed by atoms with E-state index in [2.05, 4.69) is 5.32 Å². The Morgan fingerprint density at radius 1 is 1.03 bits per heavy atom. The molecule has 0 radical (unpaired) electrons. The van der Waals surface area contributed by atoms with Gasteiger partial charge in [0.15, 0.2) is 0 Å². The zero-order valence-electron chi connectivity index (χ0n) is 20.6. The average molecular weight is 548 g/mol. The van der Waals surface area contributed by atoms with Gasteiger partial charge < -0.3 is 29.7 Å². The summed E-state index contributed by atoms with van der Waals surface area (Å²) in [7, 11) is 0. The van der Waals surface area contributed by atoms with E-state index >= 15 is 0 Å². The van der Waals surface area contributed by atoms with E-state index < -0.39 is 12.1 Å². The first-order chi connectivity index (χ1) is 17.9. The summed E-state index contributed by atoms with van der Waals surface area (Å²) in [5, 5.41) is 24.4. The smallest absolute Gasteiger partial charge is 0.308 e. The first-order valence-electron chi connectivity index (χ1n) is 11.9. The van der Waals surface area contributed by atoms with E-state index in [4.69, 9.17) is 37.4 Å². The highest BCUT2D eigenvalue weighted by molar-refractivity contribution is 6.35. The van der Waals surface area contributed by atoms with Crippen LogP contribution in [-0.4, -0.2) is 42.5 Å². The minimum atomic E-state index is -0.761. The topological polar surface area (TPSA) is 97.3 Å². The fourth-order valence-corrected chi connectivity index (χ4v) is 4.10. The molecule has 3 N–H and O–H groups in total. The lowest BCUT2D eigenvalue weighted by Crippen LogP contribution is -2.24. The molecule has 0 heterocycles. The van der Waals surface area contributed by atoms with Gasteiger partial charge in [-0.2, -0.15) is 0 Å². The third-order valence-electron chi connectivity index (χ3n) is 5.55. The molecule has 0 saturated heterocycles. The summed E-state index contributed by atoms with van der Waals surface area (Å²) in [6, 6.07) is 18.1. The number of hydrogen-bond donors (Lipinski definition) is 3. The van der Waals surface area contributed by atoms with Gasteiger partial charge in [-0.15, -0.1) is 0 Å². The van der Waals surface area contributed by atoms with E-state index in [1.807, 2.05) is 24.3 Å². The van der Waals surface area contributed by atoms with Crippen LogP contribution in [0.15, 0.2) is 60.7 Å². The number of carbonyl (C=O) groups is 1. The summed E-state index contributed by atoms with van der Waals surface area (Å²) in [5.41, 5.74) is 2.98. The monoisotopic (exact) mass is 547 g/mol. The van der Waals surface area contributed by atoms with Crippen LogP contribution in [0.5, 0.6) is 11.5 Å². The van der Waals surface area contributed by atoms with Crippen LogP contribution in [0.2, 0.25) is 10.0 Å². The molecule has 0 amide bonds. The molecule has 1 atom stereocenters. The minimum absolute atomic E-state index is 0.291. The third-order valence-corrected chi connectivity index (χ3v) is 6.26. The zero-order chi connectivity index (χ0) is 26.6. The van der Waals surface area contributed by atoms with Crippen LogP contribution in [0.4, 0.5) is 0 Å². The lowest BCUT2D eigenvalue weighted by molar-refractivity contribution is -0.131. The summed E-state index contributed by atoms with van der Waals surface area (Å²) < 4.78 is 16.4. The molecule has 0 bridgehead atoms. The molecular formula is C28H31Cl2NO6. The van der Waals surface area contributed by atoms with Gasteiger partial charge in [-0.25, -0.2) is 0 Å². The maximum Gasteiger partial charge on any atom is 0.308 e. The number of nitrogens with one attached hydrogen (secondary N) is 1. The van der Waals surface area contributed by atoms with E-state index in [1.54, 1.807) is 36.4 Å². The highest BCUT2D eigenvalue weighted by Gasteiger charge is 2.12. The van der Waals surface area contributed by atoms with Crippen molar-refractivity contribution >= 4 is 29.2 Å². The number of benzene rings is 3. The molecular weight excluding hydrogens is 517 g/mol. The number of hydrogen-bond acceptors (Lipinski definition) is 7. The summed E-state index contributed by atoms with van der Waals surface area (Å²) in [6.45, 7) is 3.16. The van der Waals surface area contributed by atoms with Crippen molar-refractivity contribution in [2.24, 2.45) is 0 Å². The molecule has 7 nitrogen and oxygen atoms in total. The molecule has 0 fully saturated rings. The Balaban J connectivity index is 1.34. The fourth-order valence-electron chi connectivity index (χ4n) is 3.59. The van der Waals surface area contributed by atoms with Gasteiger partial charge in [-0.1, -0.05) is 47.5 Å². The Bertz CT molecular complexity index is 1140. The molecule has 3 aromatic rings. The molecule has 3 rings (SSSR count). The van der Waals surface area contributed by atoms with Crippen LogP contribution in [0.25, 0.3) is 0 Å². The van der Waals surface area contributed by atoms with Crippen LogP contribution in [0.3, 0.4) is 0 Å². The molecule has 1 unspecified atom stereocenters. The standard InChI is InChI=1S/C28H31Cl2NO6/c1-19(33)37-28-10-7-21(15-22(28)17-32)27(34)16-31-12-11-20-5-8-23(9-6-20)36-14-13-35-18-24-25(29)3-2-4-26(24)30/h2-10,15,27,31-32,34H,11-14,16-18H2,1H3. The molecule has 0 saturated carbocycles. The van der Waals surface area contributed by atoms with E-state index in [-0.39, 0.29) is 6.61 Å². The number of esters is 1. The highest BCUT2D eigenvalue weighted by atomic mass is 35.5. The predicted octanol–water partition coefficient (Wildman–Crippen LogP) is 4.87. The van der Waals surface area contributed by atoms with Crippen molar-refractivity contribution in [3.05, 3.63) is 93.0 Å². The van der Waals surface area contributed by atoms with Gasteiger partial charge in [-0.05, 0) is 60.5 Å². The Hall–Kier alpha value is -2.65. The van der Waals surface area contributed by atoms with Crippen molar-refractivity contribution in [3.8, 4) is 11.5 Å². The lowest BCUT2D eigenvalue weighted by atomic mass is 10.0.